The van der Waals surface area contributed by atoms with Crippen LogP contribution in [0.5, 0.6) is 11.5 Å². The Balaban J connectivity index is 1.92. The number of rotatable bonds is 6. The predicted octanol–water partition coefficient (Wildman–Crippen LogP) is 4.77. The molecule has 33 heavy (non-hydrogen) atoms. The summed E-state index contributed by atoms with van der Waals surface area (Å²) in [7, 11) is 1.45. The Bertz CT molecular complexity index is 1240. The zero-order valence-electron chi connectivity index (χ0n) is 18.0. The molecule has 7 nitrogen and oxygen atoms in total. The number of methoxy groups -OCH3 is 1. The minimum Gasteiger partial charge on any atom is -0.507 e. The van der Waals surface area contributed by atoms with Crippen LogP contribution in [0.2, 0.25) is 5.02 Å². The highest BCUT2D eigenvalue weighted by Gasteiger charge is 2.47. The SMILES string of the molecule is CCOc1cccc(N2C(=O)C(=O)/C(=C(/O)c3ccc(Cl)c(OC)c3)C2c2ccccn2)c1. The third-order valence-electron chi connectivity index (χ3n) is 5.24. The number of hydrogen-bond donors (Lipinski definition) is 1. The van der Waals surface area contributed by atoms with E-state index in [1.807, 2.05) is 6.92 Å². The van der Waals surface area contributed by atoms with E-state index >= 15 is 0 Å². The molecule has 2 heterocycles. The Morgan fingerprint density at radius 1 is 1.12 bits per heavy atom. The number of aliphatic hydroxyl groups excluding tert-OH is 1. The highest BCUT2D eigenvalue weighted by molar-refractivity contribution is 6.51. The van der Waals surface area contributed by atoms with Crippen LogP contribution in [0.15, 0.2) is 72.4 Å². The molecular formula is C25H21ClN2O5. The first-order valence-electron chi connectivity index (χ1n) is 10.2. The summed E-state index contributed by atoms with van der Waals surface area (Å²) in [5.74, 6) is -1.06. The van der Waals surface area contributed by atoms with Gasteiger partial charge in [0.2, 0.25) is 0 Å². The van der Waals surface area contributed by atoms with Crippen LogP contribution in [0.3, 0.4) is 0 Å². The number of nitrogens with zero attached hydrogens (tertiary/aromatic N) is 2. The molecular weight excluding hydrogens is 444 g/mol. The number of amides is 1. The van der Waals surface area contributed by atoms with Crippen molar-refractivity contribution in [3.05, 3.63) is 88.7 Å². The van der Waals surface area contributed by atoms with Crippen LogP contribution in [0.4, 0.5) is 5.69 Å². The van der Waals surface area contributed by atoms with Crippen LogP contribution >= 0.6 is 11.6 Å². The minimum absolute atomic E-state index is 0.0788. The Labute approximate surface area is 195 Å². The quantitative estimate of drug-likeness (QED) is 0.321. The van der Waals surface area contributed by atoms with E-state index in [1.165, 1.54) is 18.1 Å². The van der Waals surface area contributed by atoms with Crippen molar-refractivity contribution in [1.82, 2.24) is 4.98 Å². The van der Waals surface area contributed by atoms with E-state index in [0.717, 1.165) is 0 Å². The highest BCUT2D eigenvalue weighted by atomic mass is 35.5. The normalized spacial score (nSPS) is 17.3. The summed E-state index contributed by atoms with van der Waals surface area (Å²) in [4.78, 5) is 32.1. The molecule has 2 aromatic carbocycles. The van der Waals surface area contributed by atoms with E-state index < -0.39 is 17.7 Å². The van der Waals surface area contributed by atoms with Gasteiger partial charge < -0.3 is 14.6 Å². The molecule has 0 radical (unpaired) electrons. The van der Waals surface area contributed by atoms with Gasteiger partial charge in [0.25, 0.3) is 11.7 Å². The number of benzene rings is 2. The summed E-state index contributed by atoms with van der Waals surface area (Å²) in [6, 6.07) is 15.7. The van der Waals surface area contributed by atoms with E-state index in [2.05, 4.69) is 4.98 Å². The number of hydrogen-bond acceptors (Lipinski definition) is 6. The smallest absolute Gasteiger partial charge is 0.300 e. The number of anilines is 1. The van der Waals surface area contributed by atoms with Gasteiger partial charge in [0.05, 0.1) is 30.0 Å². The molecule has 1 atom stereocenters. The fourth-order valence-corrected chi connectivity index (χ4v) is 3.96. The third-order valence-corrected chi connectivity index (χ3v) is 5.56. The number of Topliss-reactive ketones (excluding diaryl/α,β-unsaturated/α-hetero) is 1. The zero-order valence-corrected chi connectivity index (χ0v) is 18.7. The summed E-state index contributed by atoms with van der Waals surface area (Å²) in [5, 5.41) is 11.5. The van der Waals surface area contributed by atoms with Gasteiger partial charge in [-0.15, -0.1) is 0 Å². The lowest BCUT2D eigenvalue weighted by Crippen LogP contribution is -2.29. The average molecular weight is 465 g/mol. The van der Waals surface area contributed by atoms with Gasteiger partial charge in [-0.05, 0) is 49.4 Å². The zero-order chi connectivity index (χ0) is 23.5. The first-order chi connectivity index (χ1) is 16.0. The van der Waals surface area contributed by atoms with E-state index in [0.29, 0.717) is 40.1 Å². The third kappa shape index (κ3) is 4.15. The second kappa shape index (κ2) is 9.34. The Hall–Kier alpha value is -3.84. The number of aliphatic hydroxyl groups is 1. The first-order valence-corrected chi connectivity index (χ1v) is 10.6. The van der Waals surface area contributed by atoms with Crippen LogP contribution in [0.1, 0.15) is 24.2 Å². The van der Waals surface area contributed by atoms with Crippen LogP contribution < -0.4 is 14.4 Å². The minimum atomic E-state index is -0.940. The number of pyridine rings is 1. The van der Waals surface area contributed by atoms with Crippen LogP contribution in [0.25, 0.3) is 5.76 Å². The van der Waals surface area contributed by atoms with Crippen LogP contribution in [-0.2, 0) is 9.59 Å². The lowest BCUT2D eigenvalue weighted by atomic mass is 9.98. The molecule has 8 heteroatoms. The Kier molecular flexibility index (Phi) is 6.33. The Morgan fingerprint density at radius 2 is 1.94 bits per heavy atom. The first kappa shape index (κ1) is 22.4. The van der Waals surface area contributed by atoms with Crippen LogP contribution in [0, 0.1) is 0 Å². The maximum Gasteiger partial charge on any atom is 0.300 e. The molecule has 168 valence electrons. The number of carbonyl (C=O) groups excluding carboxylic acids is 2. The van der Waals surface area contributed by atoms with Gasteiger partial charge in [0, 0.05) is 23.5 Å². The van der Waals surface area contributed by atoms with E-state index in [9.17, 15) is 14.7 Å². The van der Waals surface area contributed by atoms with Gasteiger partial charge in [-0.2, -0.15) is 0 Å². The lowest BCUT2D eigenvalue weighted by Gasteiger charge is -2.25. The van der Waals surface area contributed by atoms with Gasteiger partial charge in [0.1, 0.15) is 23.3 Å². The molecule has 1 fully saturated rings. The van der Waals surface area contributed by atoms with Gasteiger partial charge in [0.15, 0.2) is 0 Å². The fraction of sp³-hybridized carbons (Fsp3) is 0.160. The molecule has 0 aliphatic carbocycles. The number of carbonyl (C=O) groups is 2. The van der Waals surface area contributed by atoms with Gasteiger partial charge in [-0.1, -0.05) is 23.7 Å². The molecule has 4 rings (SSSR count). The second-order valence-electron chi connectivity index (χ2n) is 7.20. The van der Waals surface area contributed by atoms with E-state index in [4.69, 9.17) is 21.1 Å². The summed E-state index contributed by atoms with van der Waals surface area (Å²) < 4.78 is 10.8. The molecule has 0 spiro atoms. The topological polar surface area (TPSA) is 89.0 Å². The number of halogens is 1. The van der Waals surface area contributed by atoms with Crippen molar-refractivity contribution in [1.29, 1.82) is 0 Å². The van der Waals surface area contributed by atoms with E-state index in [-0.39, 0.29) is 11.3 Å². The number of ether oxygens (including phenoxy) is 2. The second-order valence-corrected chi connectivity index (χ2v) is 7.61. The van der Waals surface area contributed by atoms with Gasteiger partial charge in [-0.3, -0.25) is 19.5 Å². The fourth-order valence-electron chi connectivity index (χ4n) is 3.77. The van der Waals surface area contributed by atoms with Crippen molar-refractivity contribution < 1.29 is 24.2 Å². The van der Waals surface area contributed by atoms with Crippen molar-refractivity contribution in [2.45, 2.75) is 13.0 Å². The van der Waals surface area contributed by atoms with Gasteiger partial charge in [-0.25, -0.2) is 0 Å². The maximum absolute atomic E-state index is 13.2. The molecule has 1 unspecified atom stereocenters. The molecule has 1 N–H and O–H groups in total. The summed E-state index contributed by atoms with van der Waals surface area (Å²) in [6.45, 7) is 2.30. The largest absolute Gasteiger partial charge is 0.507 e. The molecule has 1 aliphatic rings. The summed E-state index contributed by atoms with van der Waals surface area (Å²) in [6.07, 6.45) is 1.57. The van der Waals surface area contributed by atoms with Crippen molar-refractivity contribution >= 4 is 34.7 Å². The standard InChI is InChI=1S/C25H21ClN2O5/c1-3-33-17-8-6-7-16(14-17)28-22(19-9-4-5-12-27-19)21(24(30)25(28)31)23(29)15-10-11-18(26)20(13-15)32-2/h4-14,22,29H,3H2,1-2H3/b23-21+. The molecule has 1 amide bonds. The van der Waals surface area contributed by atoms with Crippen molar-refractivity contribution in [3.8, 4) is 11.5 Å². The van der Waals surface area contributed by atoms with Crippen LogP contribution in [-0.4, -0.2) is 35.5 Å². The molecule has 1 aliphatic heterocycles. The molecule has 3 aromatic rings. The number of aromatic nitrogens is 1. The van der Waals surface area contributed by atoms with Crippen molar-refractivity contribution in [2.75, 3.05) is 18.6 Å². The molecule has 0 saturated carbocycles. The summed E-state index contributed by atoms with van der Waals surface area (Å²) in [5.41, 5.74) is 1.09. The van der Waals surface area contributed by atoms with E-state index in [1.54, 1.807) is 60.8 Å². The van der Waals surface area contributed by atoms with Gasteiger partial charge >= 0.3 is 0 Å². The Morgan fingerprint density at radius 3 is 2.64 bits per heavy atom. The summed E-state index contributed by atoms with van der Waals surface area (Å²) >= 11 is 6.11. The van der Waals surface area contributed by atoms with Crippen molar-refractivity contribution in [3.63, 3.8) is 0 Å². The monoisotopic (exact) mass is 464 g/mol. The maximum atomic E-state index is 13.2. The predicted molar refractivity (Wildman–Crippen MR) is 125 cm³/mol. The molecule has 0 bridgehead atoms. The molecule has 1 aromatic heterocycles. The number of ketones is 1. The highest BCUT2D eigenvalue weighted by Crippen LogP contribution is 2.42. The molecule has 1 saturated heterocycles. The van der Waals surface area contributed by atoms with Crippen molar-refractivity contribution in [2.24, 2.45) is 0 Å². The lowest BCUT2D eigenvalue weighted by molar-refractivity contribution is -0.132. The average Bonchev–Trinajstić information content (AvgIpc) is 3.10.